The fourth-order valence-electron chi connectivity index (χ4n) is 2.71. The van der Waals surface area contributed by atoms with Crippen molar-refractivity contribution in [1.29, 1.82) is 0 Å². The lowest BCUT2D eigenvalue weighted by Crippen LogP contribution is -2.43. The van der Waals surface area contributed by atoms with Crippen molar-refractivity contribution in [3.63, 3.8) is 0 Å². The van der Waals surface area contributed by atoms with Gasteiger partial charge in [-0.3, -0.25) is 0 Å². The number of anilines is 2. The summed E-state index contributed by atoms with van der Waals surface area (Å²) in [7, 11) is -1.96. The van der Waals surface area contributed by atoms with Crippen LogP contribution in [0.5, 0.6) is 5.75 Å². The summed E-state index contributed by atoms with van der Waals surface area (Å²) in [6.07, 6.45) is 0.954. The average molecular weight is 387 g/mol. The van der Waals surface area contributed by atoms with Gasteiger partial charge in [-0.1, -0.05) is 18.2 Å². The molecule has 0 saturated heterocycles. The van der Waals surface area contributed by atoms with Crippen LogP contribution in [0.1, 0.15) is 12.8 Å². The van der Waals surface area contributed by atoms with Gasteiger partial charge in [-0.05, 0) is 44.3 Å². The second-order valence-electron chi connectivity index (χ2n) is 5.55. The lowest BCUT2D eigenvalue weighted by atomic mass is 10.2. The van der Waals surface area contributed by atoms with Crippen molar-refractivity contribution in [2.24, 2.45) is 0 Å². The van der Waals surface area contributed by atoms with Crippen molar-refractivity contribution in [3.8, 4) is 5.75 Å². The molecule has 0 saturated carbocycles. The molecule has 1 atom stereocenters. The number of fused-ring (bicyclic) bond motifs is 1. The summed E-state index contributed by atoms with van der Waals surface area (Å²) in [5.74, 6) is -0.224. The Morgan fingerprint density at radius 1 is 1.20 bits per heavy atom. The highest BCUT2D eigenvalue weighted by Crippen LogP contribution is 2.43. The molecule has 0 radical (unpaired) electrons. The van der Waals surface area contributed by atoms with E-state index in [9.17, 15) is 12.8 Å². The van der Waals surface area contributed by atoms with Crippen molar-refractivity contribution < 1.29 is 17.5 Å². The number of rotatable bonds is 5. The molecule has 1 N–H and O–H groups in total. The zero-order valence-corrected chi connectivity index (χ0v) is 15.3. The molecule has 136 valence electrons. The van der Waals surface area contributed by atoms with Gasteiger partial charge in [0.1, 0.15) is 11.6 Å². The molecule has 1 aliphatic rings. The summed E-state index contributed by atoms with van der Waals surface area (Å²) >= 11 is 0. The standard InChI is InChI=1S/C17H19FN2O3S.ClH/c1-19-11-5-8-17-23-16-12-13(18)9-10-15(16)20(24(17,21)22)14-6-3-2-4-7-14;/h2-4,6-7,9-10,12,17,19H,5,8,11H2,1H3;1H/t17-;/m1./s1. The molecule has 2 aromatic rings. The molecular formula is C17H20ClFN2O3S. The van der Waals surface area contributed by atoms with E-state index in [0.717, 1.165) is 0 Å². The number of hydrogen-bond acceptors (Lipinski definition) is 4. The fraction of sp³-hybridized carbons (Fsp3) is 0.294. The van der Waals surface area contributed by atoms with E-state index in [1.54, 1.807) is 31.3 Å². The number of benzene rings is 2. The predicted molar refractivity (Wildman–Crippen MR) is 98.7 cm³/mol. The first-order valence-corrected chi connectivity index (χ1v) is 9.24. The highest BCUT2D eigenvalue weighted by Gasteiger charge is 2.40. The summed E-state index contributed by atoms with van der Waals surface area (Å²) < 4.78 is 46.6. The topological polar surface area (TPSA) is 58.6 Å². The molecular weight excluding hydrogens is 367 g/mol. The van der Waals surface area contributed by atoms with Crippen molar-refractivity contribution >= 4 is 33.8 Å². The quantitative estimate of drug-likeness (QED) is 0.800. The minimum absolute atomic E-state index is 0. The fourth-order valence-corrected chi connectivity index (χ4v) is 4.48. The van der Waals surface area contributed by atoms with Gasteiger partial charge >= 0.3 is 0 Å². The summed E-state index contributed by atoms with van der Waals surface area (Å²) in [4.78, 5) is 0. The summed E-state index contributed by atoms with van der Waals surface area (Å²) in [6.45, 7) is 0.677. The maximum atomic E-state index is 13.6. The minimum atomic E-state index is -3.76. The monoisotopic (exact) mass is 386 g/mol. The third-order valence-corrected chi connectivity index (χ3v) is 5.76. The molecule has 5 nitrogen and oxygen atoms in total. The van der Waals surface area contributed by atoms with Crippen LogP contribution in [0, 0.1) is 5.82 Å². The van der Waals surface area contributed by atoms with Crippen molar-refractivity contribution in [2.75, 3.05) is 17.9 Å². The highest BCUT2D eigenvalue weighted by molar-refractivity contribution is 7.93. The van der Waals surface area contributed by atoms with Crippen LogP contribution in [0.25, 0.3) is 0 Å². The van der Waals surface area contributed by atoms with Crippen LogP contribution in [-0.2, 0) is 10.0 Å². The van der Waals surface area contributed by atoms with Crippen LogP contribution in [0.4, 0.5) is 15.8 Å². The normalized spacial score (nSPS) is 18.0. The van der Waals surface area contributed by atoms with Crippen molar-refractivity contribution in [1.82, 2.24) is 5.32 Å². The summed E-state index contributed by atoms with van der Waals surface area (Å²) in [5, 5.41) is 2.98. The average Bonchev–Trinajstić information content (AvgIpc) is 2.56. The third kappa shape index (κ3) is 3.89. The Morgan fingerprint density at radius 3 is 2.60 bits per heavy atom. The summed E-state index contributed by atoms with van der Waals surface area (Å²) in [5.41, 5.74) is -0.208. The molecule has 0 aliphatic carbocycles. The van der Waals surface area contributed by atoms with E-state index in [0.29, 0.717) is 30.8 Å². The molecule has 0 unspecified atom stereocenters. The van der Waals surface area contributed by atoms with E-state index >= 15 is 0 Å². The van der Waals surface area contributed by atoms with E-state index in [1.165, 1.54) is 22.5 Å². The zero-order chi connectivity index (χ0) is 17.2. The van der Waals surface area contributed by atoms with E-state index in [2.05, 4.69) is 5.32 Å². The zero-order valence-electron chi connectivity index (χ0n) is 13.7. The Kier molecular flexibility index (Phi) is 6.26. The SMILES string of the molecule is CNCCC[C@@H]1Oc2cc(F)ccc2N(c2ccccc2)S1(=O)=O.Cl. The smallest absolute Gasteiger partial charge is 0.277 e. The van der Waals surface area contributed by atoms with Gasteiger partial charge in [0, 0.05) is 12.5 Å². The largest absolute Gasteiger partial charge is 0.470 e. The molecule has 8 heteroatoms. The molecule has 0 amide bonds. The Labute approximate surface area is 153 Å². The van der Waals surface area contributed by atoms with E-state index in [-0.39, 0.29) is 18.2 Å². The van der Waals surface area contributed by atoms with E-state index < -0.39 is 21.3 Å². The number of nitrogens with one attached hydrogen (secondary N) is 1. The molecule has 0 aromatic heterocycles. The van der Waals surface area contributed by atoms with Gasteiger partial charge in [-0.25, -0.2) is 17.1 Å². The number of sulfonamides is 1. The van der Waals surface area contributed by atoms with Crippen LogP contribution in [0.15, 0.2) is 48.5 Å². The lowest BCUT2D eigenvalue weighted by molar-refractivity contribution is 0.253. The van der Waals surface area contributed by atoms with Crippen LogP contribution < -0.4 is 14.4 Å². The maximum absolute atomic E-state index is 13.6. The first-order chi connectivity index (χ1) is 11.5. The van der Waals surface area contributed by atoms with Gasteiger partial charge in [0.25, 0.3) is 10.0 Å². The van der Waals surface area contributed by atoms with Crippen molar-refractivity contribution in [2.45, 2.75) is 18.3 Å². The number of para-hydroxylation sites is 1. The summed E-state index contributed by atoms with van der Waals surface area (Å²) in [6, 6.07) is 12.6. The first-order valence-electron chi connectivity index (χ1n) is 7.74. The molecule has 2 aromatic carbocycles. The number of hydrogen-bond donors (Lipinski definition) is 1. The third-order valence-electron chi connectivity index (χ3n) is 3.84. The van der Waals surface area contributed by atoms with Gasteiger partial charge in [0.05, 0.1) is 11.4 Å². The molecule has 0 spiro atoms. The number of ether oxygens (including phenoxy) is 1. The Bertz CT molecular complexity index is 818. The van der Waals surface area contributed by atoms with E-state index in [1.807, 2.05) is 6.07 Å². The van der Waals surface area contributed by atoms with Crippen LogP contribution >= 0.6 is 12.4 Å². The Hall–Kier alpha value is -1.83. The predicted octanol–water partition coefficient (Wildman–Crippen LogP) is 3.43. The number of nitrogens with zero attached hydrogens (tertiary/aromatic N) is 1. The van der Waals surface area contributed by atoms with Crippen LogP contribution in [0.2, 0.25) is 0 Å². The molecule has 3 rings (SSSR count). The van der Waals surface area contributed by atoms with Crippen LogP contribution in [-0.4, -0.2) is 27.4 Å². The van der Waals surface area contributed by atoms with Crippen molar-refractivity contribution in [3.05, 3.63) is 54.3 Å². The second kappa shape index (κ2) is 8.03. The van der Waals surface area contributed by atoms with Gasteiger partial charge in [0.15, 0.2) is 0 Å². The van der Waals surface area contributed by atoms with Gasteiger partial charge in [-0.15, -0.1) is 12.4 Å². The molecule has 0 bridgehead atoms. The molecule has 1 heterocycles. The van der Waals surface area contributed by atoms with Gasteiger partial charge in [-0.2, -0.15) is 0 Å². The Balaban J connectivity index is 0.00000225. The van der Waals surface area contributed by atoms with Gasteiger partial charge < -0.3 is 10.1 Å². The van der Waals surface area contributed by atoms with E-state index in [4.69, 9.17) is 4.74 Å². The molecule has 25 heavy (non-hydrogen) atoms. The number of halogens is 2. The van der Waals surface area contributed by atoms with Crippen LogP contribution in [0.3, 0.4) is 0 Å². The van der Waals surface area contributed by atoms with Gasteiger partial charge in [0.2, 0.25) is 5.44 Å². The Morgan fingerprint density at radius 2 is 1.92 bits per heavy atom. The minimum Gasteiger partial charge on any atom is -0.470 e. The first kappa shape index (κ1) is 19.5. The maximum Gasteiger partial charge on any atom is 0.277 e. The second-order valence-corrected chi connectivity index (χ2v) is 7.47. The molecule has 1 aliphatic heterocycles. The molecule has 0 fully saturated rings. The lowest BCUT2D eigenvalue weighted by Gasteiger charge is -2.35. The highest BCUT2D eigenvalue weighted by atomic mass is 35.5.